The van der Waals surface area contributed by atoms with Crippen molar-refractivity contribution in [1.29, 1.82) is 0 Å². The Hall–Kier alpha value is -2.57. The van der Waals surface area contributed by atoms with Crippen LogP contribution in [0.5, 0.6) is 11.5 Å². The Labute approximate surface area is 127 Å². The fourth-order valence-electron chi connectivity index (χ4n) is 2.27. The Bertz CT molecular complexity index is 637. The van der Waals surface area contributed by atoms with Gasteiger partial charge in [-0.2, -0.15) is 0 Å². The molecule has 1 aromatic carbocycles. The smallest absolute Gasteiger partial charge is 0.323 e. The van der Waals surface area contributed by atoms with Crippen LogP contribution in [-0.2, 0) is 9.59 Å². The zero-order chi connectivity index (χ0) is 16.5. The molecule has 0 bridgehead atoms. The minimum atomic E-state index is -1.23. The van der Waals surface area contributed by atoms with Gasteiger partial charge < -0.3 is 14.6 Å². The quantitative estimate of drug-likeness (QED) is 0.828. The molecule has 0 spiro atoms. The predicted molar refractivity (Wildman–Crippen MR) is 77.7 cm³/mol. The van der Waals surface area contributed by atoms with Crippen LogP contribution in [0.3, 0.4) is 0 Å². The molecular weight excluding hydrogens is 290 g/mol. The first-order chi connectivity index (χ1) is 10.3. The highest BCUT2D eigenvalue weighted by Gasteiger charge is 2.43. The molecule has 1 N–H and O–H groups in total. The first-order valence-corrected chi connectivity index (χ1v) is 6.79. The molecule has 1 aromatic rings. The second kappa shape index (κ2) is 5.67. The maximum Gasteiger partial charge on any atom is 0.323 e. The molecule has 0 saturated carbocycles. The van der Waals surface area contributed by atoms with E-state index in [4.69, 9.17) is 14.6 Å². The summed E-state index contributed by atoms with van der Waals surface area (Å²) >= 11 is 0. The molecule has 22 heavy (non-hydrogen) atoms. The molecular formula is C15H17NO6. The van der Waals surface area contributed by atoms with E-state index in [9.17, 15) is 14.4 Å². The van der Waals surface area contributed by atoms with Crippen molar-refractivity contribution in [2.75, 3.05) is 18.1 Å². The lowest BCUT2D eigenvalue weighted by Gasteiger charge is -2.38. The first kappa shape index (κ1) is 15.8. The first-order valence-electron chi connectivity index (χ1n) is 6.79. The number of amides is 1. The number of hydrogen-bond acceptors (Lipinski definition) is 5. The highest BCUT2D eigenvalue weighted by Crippen LogP contribution is 2.45. The van der Waals surface area contributed by atoms with Crippen molar-refractivity contribution >= 4 is 23.9 Å². The Balaban J connectivity index is 2.65. The third-order valence-corrected chi connectivity index (χ3v) is 3.20. The molecule has 118 valence electrons. The summed E-state index contributed by atoms with van der Waals surface area (Å²) in [6.45, 7) is 4.69. The highest BCUT2D eigenvalue weighted by atomic mass is 16.5. The molecule has 1 heterocycles. The average molecular weight is 307 g/mol. The molecule has 1 aliphatic heterocycles. The maximum atomic E-state index is 12.4. The zero-order valence-electron chi connectivity index (χ0n) is 12.6. The molecule has 0 radical (unpaired) electrons. The number of aldehydes is 1. The van der Waals surface area contributed by atoms with Gasteiger partial charge in [-0.1, -0.05) is 0 Å². The minimum Gasteiger partial charge on any atom is -0.490 e. The SMILES string of the molecule is CCOc1cc(C=O)cc2c1OC(C)(C)C(=O)N2CC(=O)O. The number of fused-ring (bicyclic) bond motifs is 1. The van der Waals surface area contributed by atoms with Gasteiger partial charge in [-0.05, 0) is 32.9 Å². The number of carbonyl (C=O) groups excluding carboxylic acids is 2. The van der Waals surface area contributed by atoms with Gasteiger partial charge in [0.1, 0.15) is 12.8 Å². The minimum absolute atomic E-state index is 0.222. The van der Waals surface area contributed by atoms with Gasteiger partial charge in [-0.15, -0.1) is 0 Å². The highest BCUT2D eigenvalue weighted by molar-refractivity contribution is 6.06. The second-order valence-corrected chi connectivity index (χ2v) is 5.32. The van der Waals surface area contributed by atoms with E-state index < -0.39 is 24.0 Å². The van der Waals surface area contributed by atoms with Crippen LogP contribution in [0.25, 0.3) is 0 Å². The molecule has 0 unspecified atom stereocenters. The lowest BCUT2D eigenvalue weighted by atomic mass is 10.0. The van der Waals surface area contributed by atoms with Gasteiger partial charge >= 0.3 is 5.97 Å². The fraction of sp³-hybridized carbons (Fsp3) is 0.400. The number of ether oxygens (including phenoxy) is 2. The fourth-order valence-corrected chi connectivity index (χ4v) is 2.27. The molecule has 1 aliphatic rings. The standard InChI is InChI=1S/C15H17NO6/c1-4-21-11-6-9(8-17)5-10-13(11)22-15(2,3)14(20)16(10)7-12(18)19/h5-6,8H,4,7H2,1-3H3,(H,18,19). The van der Waals surface area contributed by atoms with Crippen molar-refractivity contribution in [3.63, 3.8) is 0 Å². The van der Waals surface area contributed by atoms with Crippen molar-refractivity contribution < 1.29 is 29.0 Å². The zero-order valence-corrected chi connectivity index (χ0v) is 12.6. The van der Waals surface area contributed by atoms with Crippen LogP contribution in [0.15, 0.2) is 12.1 Å². The number of benzene rings is 1. The van der Waals surface area contributed by atoms with E-state index in [2.05, 4.69) is 0 Å². The van der Waals surface area contributed by atoms with Crippen LogP contribution in [0.4, 0.5) is 5.69 Å². The molecule has 0 fully saturated rings. The van der Waals surface area contributed by atoms with Gasteiger partial charge in [0.25, 0.3) is 5.91 Å². The molecule has 0 saturated heterocycles. The van der Waals surface area contributed by atoms with Gasteiger partial charge in [-0.25, -0.2) is 0 Å². The van der Waals surface area contributed by atoms with Crippen LogP contribution in [0.2, 0.25) is 0 Å². The van der Waals surface area contributed by atoms with Crippen molar-refractivity contribution in [2.24, 2.45) is 0 Å². The number of carboxylic acids is 1. The number of aliphatic carboxylic acids is 1. The topological polar surface area (TPSA) is 93.1 Å². The lowest BCUT2D eigenvalue weighted by Crippen LogP contribution is -2.54. The number of carboxylic acid groups (broad SMARTS) is 1. The summed E-state index contributed by atoms with van der Waals surface area (Å²) < 4.78 is 11.2. The number of hydrogen-bond donors (Lipinski definition) is 1. The summed E-state index contributed by atoms with van der Waals surface area (Å²) in [5.41, 5.74) is -0.731. The molecule has 0 atom stereocenters. The van der Waals surface area contributed by atoms with Crippen molar-refractivity contribution in [1.82, 2.24) is 0 Å². The van der Waals surface area contributed by atoms with E-state index in [1.807, 2.05) is 0 Å². The van der Waals surface area contributed by atoms with E-state index in [1.165, 1.54) is 12.1 Å². The third-order valence-electron chi connectivity index (χ3n) is 3.20. The Morgan fingerprint density at radius 3 is 2.68 bits per heavy atom. The van der Waals surface area contributed by atoms with E-state index in [-0.39, 0.29) is 17.0 Å². The van der Waals surface area contributed by atoms with Crippen LogP contribution in [0, 0.1) is 0 Å². The van der Waals surface area contributed by atoms with Gasteiger partial charge in [0.2, 0.25) is 0 Å². The van der Waals surface area contributed by atoms with Gasteiger partial charge in [-0.3, -0.25) is 19.3 Å². The van der Waals surface area contributed by atoms with Crippen molar-refractivity contribution in [3.05, 3.63) is 17.7 Å². The summed E-state index contributed by atoms with van der Waals surface area (Å²) in [5, 5.41) is 9.04. The summed E-state index contributed by atoms with van der Waals surface area (Å²) in [6, 6.07) is 2.92. The number of anilines is 1. The van der Waals surface area contributed by atoms with Gasteiger partial charge in [0.15, 0.2) is 17.1 Å². The normalized spacial score (nSPS) is 15.8. The van der Waals surface area contributed by atoms with Crippen LogP contribution < -0.4 is 14.4 Å². The van der Waals surface area contributed by atoms with Crippen LogP contribution >= 0.6 is 0 Å². The predicted octanol–water partition coefficient (Wildman–Crippen LogP) is 1.49. The molecule has 2 rings (SSSR count). The van der Waals surface area contributed by atoms with E-state index in [0.717, 1.165) is 4.90 Å². The van der Waals surface area contributed by atoms with Crippen LogP contribution in [0.1, 0.15) is 31.1 Å². The molecule has 7 nitrogen and oxygen atoms in total. The number of rotatable bonds is 5. The monoisotopic (exact) mass is 307 g/mol. The van der Waals surface area contributed by atoms with Crippen molar-refractivity contribution in [3.8, 4) is 11.5 Å². The maximum absolute atomic E-state index is 12.4. The van der Waals surface area contributed by atoms with E-state index >= 15 is 0 Å². The summed E-state index contributed by atoms with van der Waals surface area (Å²) in [6.07, 6.45) is 0.603. The molecule has 0 aromatic heterocycles. The summed E-state index contributed by atoms with van der Waals surface area (Å²) in [7, 11) is 0. The largest absolute Gasteiger partial charge is 0.490 e. The molecule has 7 heteroatoms. The van der Waals surface area contributed by atoms with E-state index in [0.29, 0.717) is 18.6 Å². The van der Waals surface area contributed by atoms with Crippen molar-refractivity contribution in [2.45, 2.75) is 26.4 Å². The van der Waals surface area contributed by atoms with Crippen LogP contribution in [-0.4, -0.2) is 42.0 Å². The number of carbonyl (C=O) groups is 3. The van der Waals surface area contributed by atoms with E-state index in [1.54, 1.807) is 20.8 Å². The van der Waals surface area contributed by atoms with Gasteiger partial charge in [0, 0.05) is 5.56 Å². The molecule has 0 aliphatic carbocycles. The average Bonchev–Trinajstić information content (AvgIpc) is 2.44. The molecule has 1 amide bonds. The Morgan fingerprint density at radius 1 is 1.45 bits per heavy atom. The third kappa shape index (κ3) is 2.74. The second-order valence-electron chi connectivity index (χ2n) is 5.32. The summed E-state index contributed by atoms with van der Waals surface area (Å²) in [5.74, 6) is -1.09. The Morgan fingerprint density at radius 2 is 2.14 bits per heavy atom. The van der Waals surface area contributed by atoms with Gasteiger partial charge in [0.05, 0.1) is 12.3 Å². The Kier molecular flexibility index (Phi) is 4.07. The lowest BCUT2D eigenvalue weighted by molar-refractivity contribution is -0.139. The number of nitrogens with zero attached hydrogens (tertiary/aromatic N) is 1. The summed E-state index contributed by atoms with van der Waals surface area (Å²) in [4.78, 5) is 35.7.